The molecule has 6 heteroatoms. The Morgan fingerprint density at radius 2 is 2.00 bits per heavy atom. The van der Waals surface area contributed by atoms with Crippen molar-refractivity contribution in [3.05, 3.63) is 51.7 Å². The summed E-state index contributed by atoms with van der Waals surface area (Å²) in [5.74, 6) is 0.334. The highest BCUT2D eigenvalue weighted by molar-refractivity contribution is 7.10. The summed E-state index contributed by atoms with van der Waals surface area (Å²) in [5, 5.41) is 5.13. The van der Waals surface area contributed by atoms with Gasteiger partial charge in [0.05, 0.1) is 18.7 Å². The van der Waals surface area contributed by atoms with Crippen molar-refractivity contribution in [1.82, 2.24) is 4.90 Å². The first-order valence-corrected chi connectivity index (χ1v) is 10.4. The zero-order valence-electron chi connectivity index (χ0n) is 15.4. The van der Waals surface area contributed by atoms with Crippen LogP contribution in [-0.4, -0.2) is 36.5 Å². The number of carbonyl (C=O) groups is 2. The second-order valence-corrected chi connectivity index (χ2v) is 8.15. The number of ether oxygens (including phenoxy) is 1. The molecule has 2 heterocycles. The molecule has 5 nitrogen and oxygen atoms in total. The fourth-order valence-electron chi connectivity index (χ4n) is 3.83. The van der Waals surface area contributed by atoms with Gasteiger partial charge >= 0.3 is 5.97 Å². The first-order chi connectivity index (χ1) is 13.2. The van der Waals surface area contributed by atoms with Gasteiger partial charge in [0.25, 0.3) is 0 Å². The predicted molar refractivity (Wildman–Crippen MR) is 106 cm³/mol. The Morgan fingerprint density at radius 3 is 2.70 bits per heavy atom. The van der Waals surface area contributed by atoms with Crippen LogP contribution in [-0.2, 0) is 16.0 Å². The molecule has 1 saturated carbocycles. The number of fused-ring (bicyclic) bond motifs is 1. The molecular formula is C21H24N2O3S. The number of carbonyl (C=O) groups excluding carboxylic acids is 2. The van der Waals surface area contributed by atoms with E-state index >= 15 is 0 Å². The highest BCUT2D eigenvalue weighted by atomic mass is 32.1. The summed E-state index contributed by atoms with van der Waals surface area (Å²) in [5.41, 5.74) is 2.62. The average Bonchev–Trinajstić information content (AvgIpc) is 3.38. The van der Waals surface area contributed by atoms with Crippen LogP contribution in [0.3, 0.4) is 0 Å². The molecule has 2 aliphatic rings. The first kappa shape index (κ1) is 18.2. The lowest BCUT2D eigenvalue weighted by Gasteiger charge is -2.35. The van der Waals surface area contributed by atoms with Crippen LogP contribution in [0.15, 0.2) is 35.7 Å². The summed E-state index contributed by atoms with van der Waals surface area (Å²) in [6.07, 6.45) is 3.54. The van der Waals surface area contributed by atoms with Crippen LogP contribution in [0.4, 0.5) is 5.69 Å². The molecule has 1 aliphatic heterocycles. The molecule has 0 saturated heterocycles. The van der Waals surface area contributed by atoms with Gasteiger partial charge in [-0.2, -0.15) is 0 Å². The van der Waals surface area contributed by atoms with E-state index in [4.69, 9.17) is 4.74 Å². The van der Waals surface area contributed by atoms with E-state index in [-0.39, 0.29) is 11.9 Å². The van der Waals surface area contributed by atoms with E-state index in [2.05, 4.69) is 21.7 Å². The Morgan fingerprint density at radius 1 is 1.22 bits per heavy atom. The van der Waals surface area contributed by atoms with Crippen LogP contribution in [0, 0.1) is 5.92 Å². The zero-order chi connectivity index (χ0) is 18.8. The number of rotatable bonds is 6. The Balaban J connectivity index is 1.38. The standard InChI is InChI=1S/C21H24N2O3S/c1-2-26-21(25)15-5-7-16(8-6-15)22-19(24)13-23-11-9-18-17(10-12-27-18)20(23)14-3-4-14/h5-8,10,12,14,20H,2-4,9,11,13H2,1H3,(H,22,24)/t20-/m1/s1. The monoisotopic (exact) mass is 384 g/mol. The smallest absolute Gasteiger partial charge is 0.338 e. The summed E-state index contributed by atoms with van der Waals surface area (Å²) in [4.78, 5) is 28.1. The van der Waals surface area contributed by atoms with E-state index in [9.17, 15) is 9.59 Å². The number of esters is 1. The number of thiophene rings is 1. The number of amides is 1. The Kier molecular flexibility index (Phi) is 5.27. The third kappa shape index (κ3) is 4.06. The van der Waals surface area contributed by atoms with E-state index < -0.39 is 0 Å². The molecule has 0 bridgehead atoms. The molecule has 1 aromatic heterocycles. The van der Waals surface area contributed by atoms with Crippen molar-refractivity contribution in [2.24, 2.45) is 5.92 Å². The van der Waals surface area contributed by atoms with Crippen molar-refractivity contribution in [3.8, 4) is 0 Å². The van der Waals surface area contributed by atoms with Gasteiger partial charge in [0.2, 0.25) is 5.91 Å². The summed E-state index contributed by atoms with van der Waals surface area (Å²) < 4.78 is 4.98. The van der Waals surface area contributed by atoms with Gasteiger partial charge in [0, 0.05) is 23.2 Å². The number of anilines is 1. The van der Waals surface area contributed by atoms with Crippen LogP contribution >= 0.6 is 11.3 Å². The molecule has 0 unspecified atom stereocenters. The molecular weight excluding hydrogens is 360 g/mol. The van der Waals surface area contributed by atoms with Crippen molar-refractivity contribution in [3.63, 3.8) is 0 Å². The van der Waals surface area contributed by atoms with Gasteiger partial charge in [0.1, 0.15) is 0 Å². The van der Waals surface area contributed by atoms with E-state index in [0.717, 1.165) is 13.0 Å². The number of nitrogens with one attached hydrogen (secondary N) is 1. The highest BCUT2D eigenvalue weighted by Gasteiger charge is 2.40. The number of hydrogen-bond donors (Lipinski definition) is 1. The molecule has 0 spiro atoms. The van der Waals surface area contributed by atoms with Gasteiger partial charge in [-0.25, -0.2) is 4.79 Å². The molecule has 1 amide bonds. The molecule has 1 aromatic carbocycles. The molecule has 1 N–H and O–H groups in total. The Labute approximate surface area is 163 Å². The summed E-state index contributed by atoms with van der Waals surface area (Å²) in [7, 11) is 0. The molecule has 0 radical (unpaired) electrons. The predicted octanol–water partition coefficient (Wildman–Crippen LogP) is 3.87. The number of hydrogen-bond acceptors (Lipinski definition) is 5. The van der Waals surface area contributed by atoms with Crippen molar-refractivity contribution in [2.45, 2.75) is 32.2 Å². The van der Waals surface area contributed by atoms with Gasteiger partial charge in [0.15, 0.2) is 0 Å². The van der Waals surface area contributed by atoms with Crippen molar-refractivity contribution in [1.29, 1.82) is 0 Å². The van der Waals surface area contributed by atoms with Crippen LogP contribution in [0.5, 0.6) is 0 Å². The minimum Gasteiger partial charge on any atom is -0.462 e. The lowest BCUT2D eigenvalue weighted by atomic mass is 9.96. The zero-order valence-corrected chi connectivity index (χ0v) is 16.3. The largest absolute Gasteiger partial charge is 0.462 e. The minimum atomic E-state index is -0.345. The van der Waals surface area contributed by atoms with Crippen LogP contribution in [0.25, 0.3) is 0 Å². The van der Waals surface area contributed by atoms with Crippen LogP contribution in [0.1, 0.15) is 46.6 Å². The second kappa shape index (κ2) is 7.82. The second-order valence-electron chi connectivity index (χ2n) is 7.15. The van der Waals surface area contributed by atoms with Crippen LogP contribution in [0.2, 0.25) is 0 Å². The quantitative estimate of drug-likeness (QED) is 0.768. The molecule has 2 aromatic rings. The van der Waals surface area contributed by atoms with Gasteiger partial charge in [-0.15, -0.1) is 11.3 Å². The third-order valence-electron chi connectivity index (χ3n) is 5.21. The molecule has 4 rings (SSSR count). The maximum Gasteiger partial charge on any atom is 0.338 e. The fourth-order valence-corrected chi connectivity index (χ4v) is 4.74. The number of benzene rings is 1. The molecule has 27 heavy (non-hydrogen) atoms. The van der Waals surface area contributed by atoms with Crippen LogP contribution < -0.4 is 5.32 Å². The molecule has 1 aliphatic carbocycles. The van der Waals surface area contributed by atoms with E-state index in [0.29, 0.717) is 36.4 Å². The minimum absolute atomic E-state index is 0.0109. The first-order valence-electron chi connectivity index (χ1n) is 9.53. The topological polar surface area (TPSA) is 58.6 Å². The van der Waals surface area contributed by atoms with Crippen molar-refractivity contribution in [2.75, 3.05) is 25.0 Å². The normalized spacial score (nSPS) is 19.4. The summed E-state index contributed by atoms with van der Waals surface area (Å²) in [6.45, 7) is 3.46. The third-order valence-corrected chi connectivity index (χ3v) is 6.21. The number of nitrogens with zero attached hydrogens (tertiary/aromatic N) is 1. The lowest BCUT2D eigenvalue weighted by Crippen LogP contribution is -2.41. The average molecular weight is 385 g/mol. The fraction of sp³-hybridized carbons (Fsp3) is 0.429. The van der Waals surface area contributed by atoms with E-state index in [1.807, 2.05) is 11.3 Å². The van der Waals surface area contributed by atoms with Gasteiger partial charge in [-0.05, 0) is 73.4 Å². The van der Waals surface area contributed by atoms with Gasteiger partial charge < -0.3 is 10.1 Å². The van der Waals surface area contributed by atoms with Gasteiger partial charge in [-0.3, -0.25) is 9.69 Å². The molecule has 1 fully saturated rings. The maximum atomic E-state index is 12.6. The van der Waals surface area contributed by atoms with E-state index in [1.54, 1.807) is 31.2 Å². The Bertz CT molecular complexity index is 826. The molecule has 142 valence electrons. The van der Waals surface area contributed by atoms with Crippen molar-refractivity contribution < 1.29 is 14.3 Å². The summed E-state index contributed by atoms with van der Waals surface area (Å²) >= 11 is 1.84. The summed E-state index contributed by atoms with van der Waals surface area (Å²) in [6, 6.07) is 9.47. The van der Waals surface area contributed by atoms with Gasteiger partial charge in [-0.1, -0.05) is 0 Å². The Hall–Kier alpha value is -2.18. The lowest BCUT2D eigenvalue weighted by molar-refractivity contribution is -0.118. The van der Waals surface area contributed by atoms with Crippen molar-refractivity contribution >= 4 is 28.9 Å². The SMILES string of the molecule is CCOC(=O)c1ccc(NC(=O)CN2CCc3sccc3[C@H]2C2CC2)cc1. The van der Waals surface area contributed by atoms with E-state index in [1.165, 1.54) is 23.3 Å². The molecule has 1 atom stereocenters. The highest BCUT2D eigenvalue weighted by Crippen LogP contribution is 2.48. The maximum absolute atomic E-state index is 12.6.